The average Bonchev–Trinajstić information content (AvgIpc) is 2.47. The Morgan fingerprint density at radius 1 is 1.27 bits per heavy atom. The fourth-order valence-electron chi connectivity index (χ4n) is 2.21. The van der Waals surface area contributed by atoms with Gasteiger partial charge in [-0.2, -0.15) is 0 Å². The molecule has 5 nitrogen and oxygen atoms in total. The molecule has 22 heavy (non-hydrogen) atoms. The van der Waals surface area contributed by atoms with Crippen molar-refractivity contribution in [1.29, 1.82) is 0 Å². The van der Waals surface area contributed by atoms with Gasteiger partial charge in [0.15, 0.2) is 9.84 Å². The third kappa shape index (κ3) is 4.00. The van der Waals surface area contributed by atoms with E-state index in [1.54, 1.807) is 0 Å². The van der Waals surface area contributed by atoms with Gasteiger partial charge in [-0.15, -0.1) is 0 Å². The summed E-state index contributed by atoms with van der Waals surface area (Å²) in [4.78, 5) is 14.3. The Labute approximate surface area is 132 Å². The van der Waals surface area contributed by atoms with E-state index in [9.17, 15) is 13.2 Å². The smallest absolute Gasteiger partial charge is 0.230 e. The van der Waals surface area contributed by atoms with Crippen molar-refractivity contribution in [3.05, 3.63) is 24.3 Å². The molecule has 1 N–H and O–H groups in total. The van der Waals surface area contributed by atoms with Gasteiger partial charge in [-0.3, -0.25) is 4.79 Å². The van der Waals surface area contributed by atoms with Crippen LogP contribution < -0.4 is 10.2 Å². The van der Waals surface area contributed by atoms with E-state index in [-0.39, 0.29) is 17.4 Å². The van der Waals surface area contributed by atoms with Gasteiger partial charge in [-0.25, -0.2) is 8.42 Å². The molecule has 0 aromatic heterocycles. The van der Waals surface area contributed by atoms with E-state index in [0.717, 1.165) is 17.8 Å². The van der Waals surface area contributed by atoms with E-state index in [1.807, 2.05) is 49.9 Å². The fourth-order valence-corrected chi connectivity index (χ4v) is 3.41. The van der Waals surface area contributed by atoms with Gasteiger partial charge in [0.2, 0.25) is 5.91 Å². The Hall–Kier alpha value is -1.56. The summed E-state index contributed by atoms with van der Waals surface area (Å²) in [6, 6.07) is 7.58. The SMILES string of the molecule is CCC(C)(C)C(=O)Nc1cccc(N2CCS(=O)(=O)CC2)c1. The molecule has 1 aromatic rings. The molecule has 0 radical (unpaired) electrons. The number of carbonyl (C=O) groups excluding carboxylic acids is 1. The van der Waals surface area contributed by atoms with Crippen molar-refractivity contribution in [1.82, 2.24) is 0 Å². The first kappa shape index (κ1) is 16.8. The number of benzene rings is 1. The number of rotatable bonds is 4. The molecule has 0 bridgehead atoms. The number of nitrogens with one attached hydrogen (secondary N) is 1. The minimum atomic E-state index is -2.89. The topological polar surface area (TPSA) is 66.5 Å². The standard InChI is InChI=1S/C16H24N2O3S/c1-4-16(2,3)15(19)17-13-6-5-7-14(12-13)18-8-10-22(20,21)11-9-18/h5-7,12H,4,8-11H2,1-3H3,(H,17,19). The average molecular weight is 324 g/mol. The van der Waals surface area contributed by atoms with Crippen LogP contribution in [0.1, 0.15) is 27.2 Å². The molecule has 1 saturated heterocycles. The number of hydrogen-bond acceptors (Lipinski definition) is 4. The molecular formula is C16H24N2O3S. The lowest BCUT2D eigenvalue weighted by Gasteiger charge is -2.29. The number of nitrogens with zero attached hydrogens (tertiary/aromatic N) is 1. The lowest BCUT2D eigenvalue weighted by molar-refractivity contribution is -0.124. The molecule has 0 spiro atoms. The molecule has 1 aliphatic heterocycles. The lowest BCUT2D eigenvalue weighted by atomic mass is 9.89. The summed E-state index contributed by atoms with van der Waals surface area (Å²) >= 11 is 0. The largest absolute Gasteiger partial charge is 0.369 e. The molecule has 1 aliphatic rings. The summed E-state index contributed by atoms with van der Waals surface area (Å²) < 4.78 is 23.0. The summed E-state index contributed by atoms with van der Waals surface area (Å²) in [6.07, 6.45) is 0.766. The predicted octanol–water partition coefficient (Wildman–Crippen LogP) is 2.30. The molecule has 0 unspecified atom stereocenters. The minimum absolute atomic E-state index is 0.00614. The van der Waals surface area contributed by atoms with Gasteiger partial charge >= 0.3 is 0 Å². The van der Waals surface area contributed by atoms with Gasteiger partial charge in [0.25, 0.3) is 0 Å². The highest BCUT2D eigenvalue weighted by molar-refractivity contribution is 7.91. The summed E-state index contributed by atoms with van der Waals surface area (Å²) in [5, 5.41) is 2.95. The van der Waals surface area contributed by atoms with Crippen molar-refractivity contribution in [2.45, 2.75) is 27.2 Å². The third-order valence-electron chi connectivity index (χ3n) is 4.31. The quantitative estimate of drug-likeness (QED) is 0.923. The molecule has 122 valence electrons. The van der Waals surface area contributed by atoms with Crippen LogP contribution in [0, 0.1) is 5.41 Å². The zero-order chi connectivity index (χ0) is 16.4. The number of hydrogen-bond donors (Lipinski definition) is 1. The molecule has 1 fully saturated rings. The van der Waals surface area contributed by atoms with E-state index in [1.165, 1.54) is 0 Å². The van der Waals surface area contributed by atoms with Crippen LogP contribution in [0.4, 0.5) is 11.4 Å². The molecule has 1 amide bonds. The highest BCUT2D eigenvalue weighted by atomic mass is 32.2. The second-order valence-corrected chi connectivity index (χ2v) is 8.68. The van der Waals surface area contributed by atoms with Crippen molar-refractivity contribution in [3.63, 3.8) is 0 Å². The van der Waals surface area contributed by atoms with Crippen molar-refractivity contribution in [2.75, 3.05) is 34.8 Å². The van der Waals surface area contributed by atoms with Crippen LogP contribution in [0.15, 0.2) is 24.3 Å². The third-order valence-corrected chi connectivity index (χ3v) is 5.92. The Balaban J connectivity index is 2.09. The van der Waals surface area contributed by atoms with Gasteiger partial charge in [-0.05, 0) is 24.6 Å². The van der Waals surface area contributed by atoms with Crippen molar-refractivity contribution in [2.24, 2.45) is 5.41 Å². The summed E-state index contributed by atoms with van der Waals surface area (Å²) in [5.41, 5.74) is 1.29. The lowest BCUT2D eigenvalue weighted by Crippen LogP contribution is -2.40. The summed E-state index contributed by atoms with van der Waals surface area (Å²) in [7, 11) is -2.89. The molecule has 0 saturated carbocycles. The van der Waals surface area contributed by atoms with Gasteiger partial charge < -0.3 is 10.2 Å². The maximum atomic E-state index is 12.2. The van der Waals surface area contributed by atoms with E-state index in [4.69, 9.17) is 0 Å². The zero-order valence-corrected chi connectivity index (χ0v) is 14.2. The minimum Gasteiger partial charge on any atom is -0.369 e. The number of sulfone groups is 1. The normalized spacial score (nSPS) is 18.0. The zero-order valence-electron chi connectivity index (χ0n) is 13.4. The van der Waals surface area contributed by atoms with E-state index < -0.39 is 15.3 Å². The van der Waals surface area contributed by atoms with Gasteiger partial charge in [0.1, 0.15) is 0 Å². The van der Waals surface area contributed by atoms with Gasteiger partial charge in [0, 0.05) is 29.9 Å². The monoisotopic (exact) mass is 324 g/mol. The first-order valence-corrected chi connectivity index (χ1v) is 9.42. The van der Waals surface area contributed by atoms with Crippen LogP contribution in [0.5, 0.6) is 0 Å². The first-order chi connectivity index (χ1) is 10.2. The number of carbonyl (C=O) groups is 1. The second kappa shape index (κ2) is 6.28. The van der Waals surface area contributed by atoms with Crippen LogP contribution in [-0.4, -0.2) is 38.9 Å². The van der Waals surface area contributed by atoms with Gasteiger partial charge in [-0.1, -0.05) is 26.8 Å². The second-order valence-electron chi connectivity index (χ2n) is 6.38. The maximum absolute atomic E-state index is 12.2. The van der Waals surface area contributed by atoms with Crippen molar-refractivity contribution >= 4 is 27.1 Å². The van der Waals surface area contributed by atoms with E-state index in [2.05, 4.69) is 5.32 Å². The first-order valence-electron chi connectivity index (χ1n) is 7.60. The molecular weight excluding hydrogens is 300 g/mol. The van der Waals surface area contributed by atoms with Crippen LogP contribution in [0.3, 0.4) is 0 Å². The molecule has 2 rings (SSSR count). The summed E-state index contributed by atoms with van der Waals surface area (Å²) in [6.45, 7) is 6.83. The predicted molar refractivity (Wildman–Crippen MR) is 90.0 cm³/mol. The van der Waals surface area contributed by atoms with Crippen LogP contribution in [0.2, 0.25) is 0 Å². The van der Waals surface area contributed by atoms with Crippen molar-refractivity contribution in [3.8, 4) is 0 Å². The molecule has 0 aliphatic carbocycles. The molecule has 6 heteroatoms. The van der Waals surface area contributed by atoms with Gasteiger partial charge in [0.05, 0.1) is 11.5 Å². The number of amides is 1. The van der Waals surface area contributed by atoms with Crippen molar-refractivity contribution < 1.29 is 13.2 Å². The summed E-state index contributed by atoms with van der Waals surface area (Å²) in [5.74, 6) is 0.368. The molecule has 1 aromatic carbocycles. The van der Waals surface area contributed by atoms with Crippen LogP contribution in [-0.2, 0) is 14.6 Å². The Kier molecular flexibility index (Phi) is 4.80. The molecule has 1 heterocycles. The highest BCUT2D eigenvalue weighted by Crippen LogP contribution is 2.25. The van der Waals surface area contributed by atoms with Crippen LogP contribution in [0.25, 0.3) is 0 Å². The van der Waals surface area contributed by atoms with E-state index in [0.29, 0.717) is 13.1 Å². The maximum Gasteiger partial charge on any atom is 0.230 e. The van der Waals surface area contributed by atoms with E-state index >= 15 is 0 Å². The Bertz CT molecular complexity index is 639. The van der Waals surface area contributed by atoms with Crippen LogP contribution >= 0.6 is 0 Å². The molecule has 0 atom stereocenters. The number of anilines is 2. The fraction of sp³-hybridized carbons (Fsp3) is 0.562. The highest BCUT2D eigenvalue weighted by Gasteiger charge is 2.26. The Morgan fingerprint density at radius 2 is 1.91 bits per heavy atom. The Morgan fingerprint density at radius 3 is 2.50 bits per heavy atom.